The Hall–Kier alpha value is -2.64. The van der Waals surface area contributed by atoms with Gasteiger partial charge in [0.25, 0.3) is 5.91 Å². The minimum atomic E-state index is -1.01. The van der Waals surface area contributed by atoms with E-state index in [1.165, 1.54) is 28.8 Å². The third-order valence-electron chi connectivity index (χ3n) is 4.49. The Morgan fingerprint density at radius 3 is 2.25 bits per heavy atom. The number of amides is 1. The molecule has 1 amide bonds. The average Bonchev–Trinajstić information content (AvgIpc) is 2.97. The number of thiocarbonyl (C=S) groups is 1. The van der Waals surface area contributed by atoms with Gasteiger partial charge >= 0.3 is 5.97 Å². The number of benzene rings is 2. The Morgan fingerprint density at radius 1 is 1.11 bits per heavy atom. The summed E-state index contributed by atoms with van der Waals surface area (Å²) in [5.74, 6) is -1.21. The molecule has 0 atom stereocenters. The van der Waals surface area contributed by atoms with Crippen LogP contribution in [0.4, 0.5) is 11.4 Å². The standard InChI is InChI=1S/C21H20N2O3S2/c1-3-22(4-2)16-9-5-14(6-10-16)13-18-19(24)23(21(27)28-18)17-11-7-15(8-12-17)20(25)26/h5-13H,3-4H2,1-2H3,(H,25,26)/b18-13+. The van der Waals surface area contributed by atoms with Crippen LogP contribution in [0.2, 0.25) is 0 Å². The highest BCUT2D eigenvalue weighted by Crippen LogP contribution is 2.36. The van der Waals surface area contributed by atoms with E-state index in [-0.39, 0.29) is 11.5 Å². The zero-order valence-corrected chi connectivity index (χ0v) is 17.2. The number of aromatic carboxylic acids is 1. The van der Waals surface area contributed by atoms with Crippen molar-refractivity contribution in [3.63, 3.8) is 0 Å². The number of nitrogens with zero attached hydrogens (tertiary/aromatic N) is 2. The highest BCUT2D eigenvalue weighted by Gasteiger charge is 2.33. The Bertz CT molecular complexity index is 933. The SMILES string of the molecule is CCN(CC)c1ccc(/C=C2/SC(=S)N(c3ccc(C(=O)O)cc3)C2=O)cc1. The van der Waals surface area contributed by atoms with E-state index in [9.17, 15) is 9.59 Å². The summed E-state index contributed by atoms with van der Waals surface area (Å²) >= 11 is 6.61. The van der Waals surface area contributed by atoms with Crippen LogP contribution in [0.25, 0.3) is 6.08 Å². The molecule has 0 saturated carbocycles. The summed E-state index contributed by atoms with van der Waals surface area (Å²) < 4.78 is 0.430. The molecule has 1 N–H and O–H groups in total. The summed E-state index contributed by atoms with van der Waals surface area (Å²) in [6, 6.07) is 14.2. The quantitative estimate of drug-likeness (QED) is 0.551. The van der Waals surface area contributed by atoms with Crippen molar-refractivity contribution in [3.05, 3.63) is 64.6 Å². The highest BCUT2D eigenvalue weighted by molar-refractivity contribution is 8.27. The number of carbonyl (C=O) groups is 2. The van der Waals surface area contributed by atoms with Crippen molar-refractivity contribution < 1.29 is 14.7 Å². The molecular formula is C21H20N2O3S2. The van der Waals surface area contributed by atoms with E-state index in [1.54, 1.807) is 12.1 Å². The molecule has 1 aliphatic heterocycles. The molecule has 0 bridgehead atoms. The van der Waals surface area contributed by atoms with Crippen molar-refractivity contribution in [1.29, 1.82) is 0 Å². The highest BCUT2D eigenvalue weighted by atomic mass is 32.2. The number of hydrogen-bond donors (Lipinski definition) is 1. The predicted molar refractivity (Wildman–Crippen MR) is 119 cm³/mol. The van der Waals surface area contributed by atoms with Gasteiger partial charge in [0.15, 0.2) is 4.32 Å². The maximum atomic E-state index is 12.8. The largest absolute Gasteiger partial charge is 0.478 e. The molecule has 0 unspecified atom stereocenters. The van der Waals surface area contributed by atoms with Gasteiger partial charge in [-0.1, -0.05) is 36.1 Å². The number of hydrogen-bond acceptors (Lipinski definition) is 5. The lowest BCUT2D eigenvalue weighted by Crippen LogP contribution is -2.27. The Morgan fingerprint density at radius 2 is 1.71 bits per heavy atom. The summed E-state index contributed by atoms with van der Waals surface area (Å²) in [7, 11) is 0. The molecule has 1 heterocycles. The Labute approximate surface area is 173 Å². The lowest BCUT2D eigenvalue weighted by Gasteiger charge is -2.20. The fourth-order valence-corrected chi connectivity index (χ4v) is 4.26. The zero-order valence-electron chi connectivity index (χ0n) is 15.6. The van der Waals surface area contributed by atoms with Crippen molar-refractivity contribution >= 4 is 57.6 Å². The third kappa shape index (κ3) is 4.10. The van der Waals surface area contributed by atoms with Gasteiger partial charge in [0, 0.05) is 18.8 Å². The van der Waals surface area contributed by atoms with Gasteiger partial charge in [-0.05, 0) is 61.9 Å². The first kappa shape index (κ1) is 20.1. The third-order valence-corrected chi connectivity index (χ3v) is 5.79. The van der Waals surface area contributed by atoms with Gasteiger partial charge in [0.1, 0.15) is 0 Å². The van der Waals surface area contributed by atoms with Gasteiger partial charge in [0.2, 0.25) is 0 Å². The zero-order chi connectivity index (χ0) is 20.3. The van der Waals surface area contributed by atoms with Crippen LogP contribution >= 0.6 is 24.0 Å². The number of carboxylic acid groups (broad SMARTS) is 1. The van der Waals surface area contributed by atoms with Crippen LogP contribution < -0.4 is 9.80 Å². The minimum absolute atomic E-state index is 0.165. The van der Waals surface area contributed by atoms with Crippen LogP contribution in [0.1, 0.15) is 29.8 Å². The maximum absolute atomic E-state index is 12.8. The lowest BCUT2D eigenvalue weighted by atomic mass is 10.1. The fourth-order valence-electron chi connectivity index (χ4n) is 2.96. The maximum Gasteiger partial charge on any atom is 0.335 e. The van der Waals surface area contributed by atoms with Crippen molar-refractivity contribution in [2.24, 2.45) is 0 Å². The molecule has 1 aliphatic rings. The summed E-state index contributed by atoms with van der Waals surface area (Å²) in [6.45, 7) is 6.11. The fraction of sp³-hybridized carbons (Fsp3) is 0.190. The Balaban J connectivity index is 1.81. The molecule has 0 radical (unpaired) electrons. The van der Waals surface area contributed by atoms with Crippen molar-refractivity contribution in [3.8, 4) is 0 Å². The minimum Gasteiger partial charge on any atom is -0.478 e. The molecule has 3 rings (SSSR count). The molecule has 1 saturated heterocycles. The Kier molecular flexibility index (Phi) is 6.16. The van der Waals surface area contributed by atoms with Crippen LogP contribution in [0, 0.1) is 0 Å². The van der Waals surface area contributed by atoms with Crippen molar-refractivity contribution in [1.82, 2.24) is 0 Å². The molecule has 0 aliphatic carbocycles. The molecule has 2 aromatic rings. The number of carbonyl (C=O) groups excluding carboxylic acids is 1. The second-order valence-electron chi connectivity index (χ2n) is 6.13. The van der Waals surface area contributed by atoms with Crippen molar-refractivity contribution in [2.75, 3.05) is 22.9 Å². The van der Waals surface area contributed by atoms with Crippen LogP contribution in [-0.2, 0) is 4.79 Å². The average molecular weight is 413 g/mol. The van der Waals surface area contributed by atoms with E-state index in [0.29, 0.717) is 14.9 Å². The second kappa shape index (κ2) is 8.58. The number of thioether (sulfide) groups is 1. The molecule has 5 nitrogen and oxygen atoms in total. The van der Waals surface area contributed by atoms with Crippen LogP contribution in [-0.4, -0.2) is 34.4 Å². The monoisotopic (exact) mass is 412 g/mol. The summed E-state index contributed by atoms with van der Waals surface area (Å²) in [5, 5.41) is 9.01. The molecule has 0 aromatic heterocycles. The summed E-state index contributed by atoms with van der Waals surface area (Å²) in [5.41, 5.74) is 2.80. The second-order valence-corrected chi connectivity index (χ2v) is 7.81. The summed E-state index contributed by atoms with van der Waals surface area (Å²) in [6.07, 6.45) is 1.83. The molecule has 1 fully saturated rings. The molecular weight excluding hydrogens is 392 g/mol. The van der Waals surface area contributed by atoms with E-state index >= 15 is 0 Å². The van der Waals surface area contributed by atoms with Crippen LogP contribution in [0.3, 0.4) is 0 Å². The number of rotatable bonds is 6. The van der Waals surface area contributed by atoms with E-state index in [0.717, 1.165) is 24.3 Å². The molecule has 7 heteroatoms. The van der Waals surface area contributed by atoms with Gasteiger partial charge in [-0.25, -0.2) is 4.79 Å². The molecule has 144 valence electrons. The summed E-state index contributed by atoms with van der Waals surface area (Å²) in [4.78, 5) is 28.1. The van der Waals surface area contributed by atoms with Gasteiger partial charge in [-0.2, -0.15) is 0 Å². The van der Waals surface area contributed by atoms with E-state index < -0.39 is 5.97 Å². The van der Waals surface area contributed by atoms with Crippen LogP contribution in [0.15, 0.2) is 53.4 Å². The van der Waals surface area contributed by atoms with Gasteiger partial charge < -0.3 is 10.0 Å². The van der Waals surface area contributed by atoms with Gasteiger partial charge in [-0.3, -0.25) is 9.69 Å². The van der Waals surface area contributed by atoms with E-state index in [2.05, 4.69) is 18.7 Å². The van der Waals surface area contributed by atoms with E-state index in [4.69, 9.17) is 17.3 Å². The first-order valence-electron chi connectivity index (χ1n) is 8.91. The number of carboxylic acids is 1. The van der Waals surface area contributed by atoms with Gasteiger partial charge in [-0.15, -0.1) is 0 Å². The first-order valence-corrected chi connectivity index (χ1v) is 10.1. The lowest BCUT2D eigenvalue weighted by molar-refractivity contribution is -0.113. The first-order chi connectivity index (χ1) is 13.4. The number of anilines is 2. The normalized spacial score (nSPS) is 15.4. The smallest absolute Gasteiger partial charge is 0.335 e. The van der Waals surface area contributed by atoms with Crippen molar-refractivity contribution in [2.45, 2.75) is 13.8 Å². The van der Waals surface area contributed by atoms with Gasteiger partial charge in [0.05, 0.1) is 16.2 Å². The van der Waals surface area contributed by atoms with E-state index in [1.807, 2.05) is 30.3 Å². The predicted octanol–water partition coefficient (Wildman–Crippen LogP) is 4.64. The van der Waals surface area contributed by atoms with Crippen LogP contribution in [0.5, 0.6) is 0 Å². The molecule has 2 aromatic carbocycles. The molecule has 28 heavy (non-hydrogen) atoms. The topological polar surface area (TPSA) is 60.9 Å². The molecule has 0 spiro atoms.